The van der Waals surface area contributed by atoms with Crippen LogP contribution >= 0.6 is 0 Å². The minimum atomic E-state index is -0.0877. The predicted octanol–water partition coefficient (Wildman–Crippen LogP) is 2.98. The van der Waals surface area contributed by atoms with Gasteiger partial charge in [0, 0.05) is 43.0 Å². The SMILES string of the molecule is O=C(NC1CCN(C(=O)NCc2cnn(-c3ccccc3)c2)CC1)c1ccccc1. The number of benzene rings is 2. The van der Waals surface area contributed by atoms with Crippen molar-refractivity contribution >= 4 is 11.9 Å². The van der Waals surface area contributed by atoms with Gasteiger partial charge in [0.2, 0.25) is 0 Å². The molecule has 0 aliphatic carbocycles. The molecule has 1 fully saturated rings. The van der Waals surface area contributed by atoms with Crippen molar-refractivity contribution in [2.24, 2.45) is 0 Å². The van der Waals surface area contributed by atoms with Gasteiger partial charge in [0.05, 0.1) is 11.9 Å². The third-order valence-corrected chi connectivity index (χ3v) is 5.25. The molecule has 0 unspecified atom stereocenters. The zero-order valence-corrected chi connectivity index (χ0v) is 16.7. The number of hydrogen-bond donors (Lipinski definition) is 2. The molecule has 0 saturated carbocycles. The normalized spacial score (nSPS) is 14.3. The topological polar surface area (TPSA) is 79.3 Å². The number of para-hydroxylation sites is 1. The van der Waals surface area contributed by atoms with E-state index in [9.17, 15) is 9.59 Å². The maximum atomic E-state index is 12.5. The Morgan fingerprint density at radius 2 is 1.63 bits per heavy atom. The van der Waals surface area contributed by atoms with Gasteiger partial charge in [0.15, 0.2) is 0 Å². The van der Waals surface area contributed by atoms with E-state index in [0.717, 1.165) is 24.1 Å². The van der Waals surface area contributed by atoms with Gasteiger partial charge in [-0.2, -0.15) is 5.10 Å². The van der Waals surface area contributed by atoms with Crippen molar-refractivity contribution in [3.05, 3.63) is 84.2 Å². The van der Waals surface area contributed by atoms with Crippen molar-refractivity contribution in [2.45, 2.75) is 25.4 Å². The average molecular weight is 403 g/mol. The average Bonchev–Trinajstić information content (AvgIpc) is 3.28. The summed E-state index contributed by atoms with van der Waals surface area (Å²) in [5.74, 6) is -0.0612. The number of nitrogens with zero attached hydrogens (tertiary/aromatic N) is 3. The van der Waals surface area contributed by atoms with Gasteiger partial charge in [-0.15, -0.1) is 0 Å². The fourth-order valence-electron chi connectivity index (χ4n) is 3.55. The second-order valence-electron chi connectivity index (χ2n) is 7.39. The Morgan fingerprint density at radius 3 is 2.33 bits per heavy atom. The summed E-state index contributed by atoms with van der Waals surface area (Å²) in [7, 11) is 0. The van der Waals surface area contributed by atoms with E-state index in [0.29, 0.717) is 25.2 Å². The van der Waals surface area contributed by atoms with E-state index >= 15 is 0 Å². The Labute approximate surface area is 175 Å². The van der Waals surface area contributed by atoms with Crippen molar-refractivity contribution in [2.75, 3.05) is 13.1 Å². The van der Waals surface area contributed by atoms with Crippen LogP contribution in [0.4, 0.5) is 4.79 Å². The van der Waals surface area contributed by atoms with E-state index in [4.69, 9.17) is 0 Å². The fraction of sp³-hybridized carbons (Fsp3) is 0.261. The van der Waals surface area contributed by atoms with Crippen LogP contribution in [-0.4, -0.2) is 45.8 Å². The van der Waals surface area contributed by atoms with Gasteiger partial charge in [0.25, 0.3) is 5.91 Å². The molecule has 154 valence electrons. The number of aromatic nitrogens is 2. The Hall–Kier alpha value is -3.61. The van der Waals surface area contributed by atoms with Gasteiger partial charge in [-0.25, -0.2) is 9.48 Å². The van der Waals surface area contributed by atoms with E-state index in [1.165, 1.54) is 0 Å². The molecule has 1 aliphatic heterocycles. The van der Waals surface area contributed by atoms with Crippen LogP contribution < -0.4 is 10.6 Å². The molecular weight excluding hydrogens is 378 g/mol. The van der Waals surface area contributed by atoms with Gasteiger partial charge in [-0.3, -0.25) is 4.79 Å². The van der Waals surface area contributed by atoms with Crippen LogP contribution in [0.3, 0.4) is 0 Å². The summed E-state index contributed by atoms with van der Waals surface area (Å²) in [5.41, 5.74) is 2.58. The van der Waals surface area contributed by atoms with Crippen molar-refractivity contribution in [1.82, 2.24) is 25.3 Å². The number of carbonyl (C=O) groups is 2. The van der Waals surface area contributed by atoms with Crippen LogP contribution in [0.15, 0.2) is 73.1 Å². The molecule has 1 aliphatic rings. The third-order valence-electron chi connectivity index (χ3n) is 5.25. The van der Waals surface area contributed by atoms with Gasteiger partial charge in [-0.05, 0) is 37.1 Å². The highest BCUT2D eigenvalue weighted by atomic mass is 16.2. The smallest absolute Gasteiger partial charge is 0.317 e. The molecule has 1 aromatic heterocycles. The Kier molecular flexibility index (Phi) is 6.08. The lowest BCUT2D eigenvalue weighted by atomic mass is 10.0. The molecule has 4 rings (SSSR count). The van der Waals surface area contributed by atoms with E-state index in [1.54, 1.807) is 27.9 Å². The highest BCUT2D eigenvalue weighted by Crippen LogP contribution is 2.12. The van der Waals surface area contributed by atoms with Crippen LogP contribution in [0.2, 0.25) is 0 Å². The molecule has 0 atom stereocenters. The summed E-state index contributed by atoms with van der Waals surface area (Å²) in [6.07, 6.45) is 5.18. The van der Waals surface area contributed by atoms with E-state index in [2.05, 4.69) is 15.7 Å². The summed E-state index contributed by atoms with van der Waals surface area (Å²) < 4.78 is 1.79. The summed E-state index contributed by atoms with van der Waals surface area (Å²) in [6.45, 7) is 1.67. The zero-order chi connectivity index (χ0) is 20.8. The summed E-state index contributed by atoms with van der Waals surface area (Å²) in [5, 5.41) is 10.4. The second kappa shape index (κ2) is 9.26. The molecule has 0 spiro atoms. The quantitative estimate of drug-likeness (QED) is 0.687. The van der Waals surface area contributed by atoms with E-state index < -0.39 is 0 Å². The monoisotopic (exact) mass is 403 g/mol. The Balaban J connectivity index is 1.22. The van der Waals surface area contributed by atoms with Gasteiger partial charge in [0.1, 0.15) is 0 Å². The molecule has 3 amide bonds. The summed E-state index contributed by atoms with van der Waals surface area (Å²) in [4.78, 5) is 26.6. The third kappa shape index (κ3) is 4.86. The molecular formula is C23H25N5O2. The number of carbonyl (C=O) groups excluding carboxylic acids is 2. The van der Waals surface area contributed by atoms with Gasteiger partial charge < -0.3 is 15.5 Å². The van der Waals surface area contributed by atoms with E-state index in [1.807, 2.05) is 54.7 Å². The van der Waals surface area contributed by atoms with Crippen molar-refractivity contribution < 1.29 is 9.59 Å². The molecule has 7 nitrogen and oxygen atoms in total. The lowest BCUT2D eigenvalue weighted by molar-refractivity contribution is 0.0918. The summed E-state index contributed by atoms with van der Waals surface area (Å²) >= 11 is 0. The molecule has 0 radical (unpaired) electrons. The standard InChI is InChI=1S/C23H25N5O2/c29-22(19-7-3-1-4-8-19)26-20-11-13-27(14-12-20)23(30)24-15-18-16-25-28(17-18)21-9-5-2-6-10-21/h1-10,16-17,20H,11-15H2,(H,24,30)(H,26,29). The first-order valence-corrected chi connectivity index (χ1v) is 10.2. The molecule has 2 aromatic carbocycles. The van der Waals surface area contributed by atoms with Crippen molar-refractivity contribution in [3.63, 3.8) is 0 Å². The van der Waals surface area contributed by atoms with Crippen molar-refractivity contribution in [3.8, 4) is 5.69 Å². The van der Waals surface area contributed by atoms with Crippen LogP contribution in [0.5, 0.6) is 0 Å². The van der Waals surface area contributed by atoms with Crippen molar-refractivity contribution in [1.29, 1.82) is 0 Å². The maximum Gasteiger partial charge on any atom is 0.317 e. The van der Waals surface area contributed by atoms with Crippen LogP contribution in [-0.2, 0) is 6.54 Å². The minimum Gasteiger partial charge on any atom is -0.349 e. The zero-order valence-electron chi connectivity index (χ0n) is 16.7. The first-order chi connectivity index (χ1) is 14.7. The Morgan fingerprint density at radius 1 is 0.967 bits per heavy atom. The largest absolute Gasteiger partial charge is 0.349 e. The fourth-order valence-corrected chi connectivity index (χ4v) is 3.55. The molecule has 1 saturated heterocycles. The molecule has 7 heteroatoms. The Bertz CT molecular complexity index is 979. The number of likely N-dealkylation sites (tertiary alicyclic amines) is 1. The minimum absolute atomic E-state index is 0.0612. The lowest BCUT2D eigenvalue weighted by Crippen LogP contribution is -2.49. The highest BCUT2D eigenvalue weighted by Gasteiger charge is 2.24. The first-order valence-electron chi connectivity index (χ1n) is 10.2. The number of nitrogens with one attached hydrogen (secondary N) is 2. The molecule has 2 heterocycles. The number of hydrogen-bond acceptors (Lipinski definition) is 3. The second-order valence-corrected chi connectivity index (χ2v) is 7.39. The lowest BCUT2D eigenvalue weighted by Gasteiger charge is -2.32. The maximum absolute atomic E-state index is 12.5. The molecule has 0 bridgehead atoms. The van der Waals surface area contributed by atoms with E-state index in [-0.39, 0.29) is 18.0 Å². The predicted molar refractivity (Wildman–Crippen MR) is 114 cm³/mol. The molecule has 2 N–H and O–H groups in total. The number of rotatable bonds is 5. The van der Waals surface area contributed by atoms with Gasteiger partial charge in [-0.1, -0.05) is 36.4 Å². The number of amides is 3. The highest BCUT2D eigenvalue weighted by molar-refractivity contribution is 5.94. The first kappa shape index (κ1) is 19.7. The van der Waals surface area contributed by atoms with Crippen LogP contribution in [0.1, 0.15) is 28.8 Å². The van der Waals surface area contributed by atoms with Crippen LogP contribution in [0.25, 0.3) is 5.69 Å². The summed E-state index contributed by atoms with van der Waals surface area (Å²) in [6, 6.07) is 19.1. The number of piperidine rings is 1. The molecule has 3 aromatic rings. The van der Waals surface area contributed by atoms with Crippen LogP contribution in [0, 0.1) is 0 Å². The molecule has 30 heavy (non-hydrogen) atoms. The van der Waals surface area contributed by atoms with Gasteiger partial charge >= 0.3 is 6.03 Å². The number of urea groups is 1.